The van der Waals surface area contributed by atoms with Gasteiger partial charge in [0.2, 0.25) is 0 Å². The summed E-state index contributed by atoms with van der Waals surface area (Å²) in [6, 6.07) is 14.2. The Morgan fingerprint density at radius 3 is 2.78 bits per heavy atom. The fraction of sp³-hybridized carbons (Fsp3) is 0.0714. The smallest absolute Gasteiger partial charge is 0.0795 e. The normalized spacial score (nSPS) is 11.0. The Morgan fingerprint density at radius 1 is 1.17 bits per heavy atom. The first kappa shape index (κ1) is 11.8. The lowest BCUT2D eigenvalue weighted by molar-refractivity contribution is 0.905. The van der Waals surface area contributed by atoms with Crippen LogP contribution in [0.5, 0.6) is 0 Å². The van der Waals surface area contributed by atoms with Gasteiger partial charge in [0.25, 0.3) is 0 Å². The van der Waals surface area contributed by atoms with Crippen LogP contribution in [0.3, 0.4) is 0 Å². The zero-order chi connectivity index (χ0) is 12.5. The summed E-state index contributed by atoms with van der Waals surface area (Å²) in [7, 11) is 0. The molecule has 2 aromatic carbocycles. The van der Waals surface area contributed by atoms with E-state index in [0.717, 1.165) is 26.6 Å². The number of para-hydroxylation sites is 1. The molecule has 1 heterocycles. The van der Waals surface area contributed by atoms with Crippen molar-refractivity contribution in [3.63, 3.8) is 0 Å². The average molecular weight is 322 g/mol. The van der Waals surface area contributed by atoms with Crippen molar-refractivity contribution >= 4 is 38.4 Å². The maximum Gasteiger partial charge on any atom is 0.0795 e. The molecule has 3 aromatic rings. The molecule has 0 radical (unpaired) electrons. The van der Waals surface area contributed by atoms with Crippen LogP contribution in [0.4, 0.5) is 0 Å². The minimum Gasteiger partial charge on any atom is -0.232 e. The monoisotopic (exact) mass is 320 g/mol. The zero-order valence-corrected chi connectivity index (χ0v) is 11.8. The molecule has 0 bridgehead atoms. The van der Waals surface area contributed by atoms with Crippen LogP contribution in [-0.4, -0.2) is 9.78 Å². The van der Waals surface area contributed by atoms with Gasteiger partial charge in [0.15, 0.2) is 0 Å². The molecule has 90 valence electrons. The van der Waals surface area contributed by atoms with Crippen molar-refractivity contribution in [3.8, 4) is 5.69 Å². The highest BCUT2D eigenvalue weighted by atomic mass is 79.9. The number of aromatic nitrogens is 2. The lowest BCUT2D eigenvalue weighted by Gasteiger charge is -2.07. The maximum atomic E-state index is 5.83. The predicted octanol–water partition coefficient (Wildman–Crippen LogP) is 4.53. The second kappa shape index (κ2) is 4.75. The van der Waals surface area contributed by atoms with E-state index in [4.69, 9.17) is 11.6 Å². The molecule has 0 N–H and O–H groups in total. The molecule has 0 amide bonds. The molecule has 4 heteroatoms. The van der Waals surface area contributed by atoms with Crippen molar-refractivity contribution in [1.29, 1.82) is 0 Å². The SMILES string of the molecule is ClCc1ccc(-n2ncc3ccccc32)c(Br)c1. The van der Waals surface area contributed by atoms with Gasteiger partial charge in [0.05, 0.1) is 17.4 Å². The van der Waals surface area contributed by atoms with E-state index in [1.165, 1.54) is 0 Å². The second-order valence-electron chi connectivity index (χ2n) is 4.03. The highest BCUT2D eigenvalue weighted by Gasteiger charge is 2.08. The van der Waals surface area contributed by atoms with Gasteiger partial charge < -0.3 is 0 Å². The summed E-state index contributed by atoms with van der Waals surface area (Å²) >= 11 is 9.40. The third-order valence-electron chi connectivity index (χ3n) is 2.87. The molecule has 18 heavy (non-hydrogen) atoms. The number of halogens is 2. The Hall–Kier alpha value is -1.32. The van der Waals surface area contributed by atoms with E-state index in [0.29, 0.717) is 5.88 Å². The van der Waals surface area contributed by atoms with Crippen molar-refractivity contribution in [2.24, 2.45) is 0 Å². The van der Waals surface area contributed by atoms with E-state index in [9.17, 15) is 0 Å². The van der Waals surface area contributed by atoms with Gasteiger partial charge in [-0.05, 0) is 39.7 Å². The molecular weight excluding hydrogens is 312 g/mol. The molecule has 0 aliphatic carbocycles. The first-order valence-electron chi connectivity index (χ1n) is 5.57. The van der Waals surface area contributed by atoms with Crippen LogP contribution >= 0.6 is 27.5 Å². The number of rotatable bonds is 2. The van der Waals surface area contributed by atoms with E-state index in [-0.39, 0.29) is 0 Å². The number of hydrogen-bond acceptors (Lipinski definition) is 1. The van der Waals surface area contributed by atoms with Gasteiger partial charge in [-0.25, -0.2) is 4.68 Å². The predicted molar refractivity (Wildman–Crippen MR) is 78.3 cm³/mol. The maximum absolute atomic E-state index is 5.83. The van der Waals surface area contributed by atoms with Crippen LogP contribution in [-0.2, 0) is 5.88 Å². The van der Waals surface area contributed by atoms with Gasteiger partial charge in [0, 0.05) is 15.7 Å². The number of alkyl halides is 1. The summed E-state index contributed by atoms with van der Waals surface area (Å²) < 4.78 is 2.92. The first-order valence-corrected chi connectivity index (χ1v) is 6.90. The van der Waals surface area contributed by atoms with Gasteiger partial charge >= 0.3 is 0 Å². The van der Waals surface area contributed by atoms with Crippen LogP contribution in [0.15, 0.2) is 53.1 Å². The molecule has 0 unspecified atom stereocenters. The van der Waals surface area contributed by atoms with E-state index in [2.05, 4.69) is 33.2 Å². The van der Waals surface area contributed by atoms with Crippen molar-refractivity contribution in [1.82, 2.24) is 9.78 Å². The Morgan fingerprint density at radius 2 is 2.00 bits per heavy atom. The molecule has 1 aromatic heterocycles. The number of fused-ring (bicyclic) bond motifs is 1. The van der Waals surface area contributed by atoms with Crippen LogP contribution < -0.4 is 0 Å². The molecule has 0 fully saturated rings. The van der Waals surface area contributed by atoms with Gasteiger partial charge in [-0.3, -0.25) is 0 Å². The lowest BCUT2D eigenvalue weighted by atomic mass is 10.2. The van der Waals surface area contributed by atoms with Crippen molar-refractivity contribution in [3.05, 3.63) is 58.7 Å². The summed E-state index contributed by atoms with van der Waals surface area (Å²) in [5, 5.41) is 5.57. The van der Waals surface area contributed by atoms with Crippen molar-refractivity contribution in [2.45, 2.75) is 5.88 Å². The number of benzene rings is 2. The molecule has 0 aliphatic heterocycles. The van der Waals surface area contributed by atoms with Gasteiger partial charge in [-0.1, -0.05) is 24.3 Å². The van der Waals surface area contributed by atoms with E-state index < -0.39 is 0 Å². The fourth-order valence-corrected chi connectivity index (χ4v) is 2.73. The summed E-state index contributed by atoms with van der Waals surface area (Å²) in [5.41, 5.74) is 3.20. The van der Waals surface area contributed by atoms with E-state index in [1.54, 1.807) is 0 Å². The molecule has 0 saturated carbocycles. The molecule has 3 rings (SSSR count). The largest absolute Gasteiger partial charge is 0.232 e. The third kappa shape index (κ3) is 1.93. The highest BCUT2D eigenvalue weighted by molar-refractivity contribution is 9.10. The topological polar surface area (TPSA) is 17.8 Å². The standard InChI is InChI=1S/C14H10BrClN2/c15-12-7-10(8-16)5-6-14(12)18-13-4-2-1-3-11(13)9-17-18/h1-7,9H,8H2. The van der Waals surface area contributed by atoms with E-state index in [1.807, 2.05) is 41.2 Å². The number of hydrogen-bond donors (Lipinski definition) is 0. The van der Waals surface area contributed by atoms with Crippen LogP contribution in [0.2, 0.25) is 0 Å². The Bertz CT molecular complexity index is 706. The van der Waals surface area contributed by atoms with Gasteiger partial charge in [-0.2, -0.15) is 5.10 Å². The number of nitrogens with zero attached hydrogens (tertiary/aromatic N) is 2. The average Bonchev–Trinajstić information content (AvgIpc) is 2.82. The molecule has 0 aliphatic rings. The lowest BCUT2D eigenvalue weighted by Crippen LogP contribution is -1.97. The Balaban J connectivity index is 2.20. The van der Waals surface area contributed by atoms with E-state index >= 15 is 0 Å². The quantitative estimate of drug-likeness (QED) is 0.634. The Labute approximate surface area is 118 Å². The summed E-state index contributed by atoms with van der Waals surface area (Å²) in [6.07, 6.45) is 1.87. The molecular formula is C14H10BrClN2. The molecule has 0 saturated heterocycles. The minimum absolute atomic E-state index is 0.513. The fourth-order valence-electron chi connectivity index (χ4n) is 1.97. The molecule has 2 nitrogen and oxygen atoms in total. The summed E-state index contributed by atoms with van der Waals surface area (Å²) in [6.45, 7) is 0. The second-order valence-corrected chi connectivity index (χ2v) is 5.16. The van der Waals surface area contributed by atoms with Crippen molar-refractivity contribution < 1.29 is 0 Å². The third-order valence-corrected chi connectivity index (χ3v) is 3.82. The van der Waals surface area contributed by atoms with Gasteiger partial charge in [-0.15, -0.1) is 11.6 Å². The van der Waals surface area contributed by atoms with Crippen LogP contribution in [0.1, 0.15) is 5.56 Å². The Kier molecular flexibility index (Phi) is 3.10. The van der Waals surface area contributed by atoms with Gasteiger partial charge in [0.1, 0.15) is 0 Å². The zero-order valence-electron chi connectivity index (χ0n) is 9.48. The molecule has 0 spiro atoms. The summed E-state index contributed by atoms with van der Waals surface area (Å²) in [5.74, 6) is 0.513. The van der Waals surface area contributed by atoms with Crippen LogP contribution in [0.25, 0.3) is 16.6 Å². The first-order chi connectivity index (χ1) is 8.79. The van der Waals surface area contributed by atoms with Crippen molar-refractivity contribution in [2.75, 3.05) is 0 Å². The highest BCUT2D eigenvalue weighted by Crippen LogP contribution is 2.26. The molecule has 0 atom stereocenters. The minimum atomic E-state index is 0.513. The van der Waals surface area contributed by atoms with Crippen LogP contribution in [0, 0.1) is 0 Å². The summed E-state index contributed by atoms with van der Waals surface area (Å²) in [4.78, 5) is 0.